The summed E-state index contributed by atoms with van der Waals surface area (Å²) in [4.78, 5) is 0.0715. The predicted molar refractivity (Wildman–Crippen MR) is 82.0 cm³/mol. The van der Waals surface area contributed by atoms with Gasteiger partial charge < -0.3 is 5.11 Å². The minimum Gasteiger partial charge on any atom is -0.395 e. The number of hydrogen-bond donors (Lipinski definition) is 1. The number of rotatable bonds is 6. The second kappa shape index (κ2) is 7.02. The number of sulfonamides is 1. The molecule has 0 aliphatic heterocycles. The Hall–Kier alpha value is -1.05. The van der Waals surface area contributed by atoms with Crippen molar-refractivity contribution < 1.29 is 22.3 Å². The molecule has 1 rings (SSSR count). The molecule has 0 fully saturated rings. The lowest BCUT2D eigenvalue weighted by Gasteiger charge is -2.25. The van der Waals surface area contributed by atoms with Crippen molar-refractivity contribution in [2.75, 3.05) is 19.7 Å². The Morgan fingerprint density at radius 2 is 1.36 bits per heavy atom. The first-order chi connectivity index (χ1) is 10.1. The molecule has 0 atom stereocenters. The number of benzene rings is 1. The Morgan fingerprint density at radius 3 is 1.73 bits per heavy atom. The van der Waals surface area contributed by atoms with Gasteiger partial charge in [-0.25, -0.2) is 17.2 Å². The Kier molecular flexibility index (Phi) is 6.06. The van der Waals surface area contributed by atoms with Gasteiger partial charge in [-0.05, 0) is 62.4 Å². The quantitative estimate of drug-likeness (QED) is 0.869. The number of halogens is 2. The molecule has 1 aromatic carbocycles. The molecule has 0 aromatic heterocycles. The van der Waals surface area contributed by atoms with E-state index in [1.165, 1.54) is 0 Å². The van der Waals surface area contributed by atoms with E-state index >= 15 is 0 Å². The lowest BCUT2D eigenvalue weighted by molar-refractivity contribution is 0.113. The fraction of sp³-hybridized carbons (Fsp3) is 0.600. The Labute approximate surface area is 130 Å². The van der Waals surface area contributed by atoms with Crippen molar-refractivity contribution in [2.24, 2.45) is 0 Å². The minimum atomic E-state index is -4.09. The first kappa shape index (κ1) is 19.0. The highest BCUT2D eigenvalue weighted by Gasteiger charge is 2.31. The molecule has 22 heavy (non-hydrogen) atoms. The van der Waals surface area contributed by atoms with Crippen molar-refractivity contribution in [3.8, 4) is 0 Å². The van der Waals surface area contributed by atoms with Crippen molar-refractivity contribution in [3.05, 3.63) is 27.8 Å². The van der Waals surface area contributed by atoms with Crippen molar-refractivity contribution in [1.82, 2.24) is 4.31 Å². The first-order valence-corrected chi connectivity index (χ1v) is 8.45. The van der Waals surface area contributed by atoms with Gasteiger partial charge in [-0.15, -0.1) is 0 Å². The zero-order valence-electron chi connectivity index (χ0n) is 13.6. The predicted octanol–water partition coefficient (Wildman–Crippen LogP) is 2.48. The topological polar surface area (TPSA) is 57.6 Å². The molecular weight excluding hydrogens is 312 g/mol. The van der Waals surface area contributed by atoms with E-state index in [-0.39, 0.29) is 11.4 Å². The number of nitrogens with zero attached hydrogens (tertiary/aromatic N) is 1. The molecule has 0 aliphatic rings. The molecule has 0 saturated carbocycles. The minimum absolute atomic E-state index is 0.0715. The van der Waals surface area contributed by atoms with Crippen LogP contribution in [-0.2, 0) is 10.0 Å². The summed E-state index contributed by atoms with van der Waals surface area (Å²) in [5, 5.41) is 9.00. The van der Waals surface area contributed by atoms with Crippen LogP contribution in [0.25, 0.3) is 0 Å². The maximum absolute atomic E-state index is 12.8. The van der Waals surface area contributed by atoms with Gasteiger partial charge in [-0.3, -0.25) is 0 Å². The summed E-state index contributed by atoms with van der Waals surface area (Å²) in [6.45, 7) is 7.13. The summed E-state index contributed by atoms with van der Waals surface area (Å²) >= 11 is 0. The zero-order chi connectivity index (χ0) is 17.2. The van der Waals surface area contributed by atoms with Crippen LogP contribution in [-0.4, -0.2) is 44.0 Å². The molecule has 1 aromatic rings. The summed E-state index contributed by atoms with van der Waals surface area (Å²) in [7, 11) is -4.09. The van der Waals surface area contributed by atoms with Crippen molar-refractivity contribution >= 4 is 10.0 Å². The van der Waals surface area contributed by atoms with E-state index in [1.54, 1.807) is 13.8 Å². The highest BCUT2D eigenvalue weighted by Crippen LogP contribution is 2.31. The highest BCUT2D eigenvalue weighted by atomic mass is 32.2. The average molecular weight is 335 g/mol. The molecule has 0 unspecified atom stereocenters. The van der Waals surface area contributed by atoms with E-state index in [0.29, 0.717) is 15.4 Å². The zero-order valence-corrected chi connectivity index (χ0v) is 14.4. The van der Waals surface area contributed by atoms with Crippen LogP contribution in [0.5, 0.6) is 0 Å². The SMILES string of the molecule is Cc1c(C)c(C)c(S(=O)(=O)N(CCO)CC(F)F)c(C)c1C. The Balaban J connectivity index is 3.57. The Morgan fingerprint density at radius 1 is 0.955 bits per heavy atom. The molecule has 0 amide bonds. The molecule has 4 nitrogen and oxygen atoms in total. The van der Waals surface area contributed by atoms with E-state index in [1.807, 2.05) is 20.8 Å². The van der Waals surface area contributed by atoms with Gasteiger partial charge >= 0.3 is 0 Å². The maximum atomic E-state index is 12.8. The second-order valence-electron chi connectivity index (χ2n) is 5.43. The molecule has 0 heterocycles. The third kappa shape index (κ3) is 3.47. The van der Waals surface area contributed by atoms with Gasteiger partial charge in [0, 0.05) is 6.54 Å². The van der Waals surface area contributed by atoms with Gasteiger partial charge in [-0.1, -0.05) is 0 Å². The van der Waals surface area contributed by atoms with Crippen LogP contribution in [0.15, 0.2) is 4.90 Å². The molecule has 0 spiro atoms. The molecule has 0 saturated heterocycles. The van der Waals surface area contributed by atoms with Gasteiger partial charge in [0.15, 0.2) is 0 Å². The van der Waals surface area contributed by atoms with Crippen molar-refractivity contribution in [3.63, 3.8) is 0 Å². The van der Waals surface area contributed by atoms with E-state index in [2.05, 4.69) is 0 Å². The summed E-state index contributed by atoms with van der Waals surface area (Å²) in [5.74, 6) is 0. The maximum Gasteiger partial charge on any atom is 0.252 e. The van der Waals surface area contributed by atoms with Crippen LogP contribution < -0.4 is 0 Å². The molecule has 1 N–H and O–H groups in total. The van der Waals surface area contributed by atoms with Gasteiger partial charge in [0.2, 0.25) is 10.0 Å². The molecule has 7 heteroatoms. The third-order valence-corrected chi connectivity index (χ3v) is 6.36. The summed E-state index contributed by atoms with van der Waals surface area (Å²) in [5.41, 5.74) is 3.80. The van der Waals surface area contributed by atoms with E-state index < -0.39 is 29.6 Å². The molecule has 0 aliphatic carbocycles. The number of aliphatic hydroxyl groups is 1. The normalized spacial score (nSPS) is 12.5. The fourth-order valence-corrected chi connectivity index (χ4v) is 4.53. The largest absolute Gasteiger partial charge is 0.395 e. The summed E-state index contributed by atoms with van der Waals surface area (Å²) in [6, 6.07) is 0. The third-order valence-electron chi connectivity index (χ3n) is 4.22. The number of hydrogen-bond acceptors (Lipinski definition) is 3. The van der Waals surface area contributed by atoms with Crippen LogP contribution in [0, 0.1) is 34.6 Å². The van der Waals surface area contributed by atoms with Crippen molar-refractivity contribution in [1.29, 1.82) is 0 Å². The van der Waals surface area contributed by atoms with Crippen LogP contribution in [0.4, 0.5) is 8.78 Å². The molecule has 0 radical (unpaired) electrons. The highest BCUT2D eigenvalue weighted by molar-refractivity contribution is 7.89. The summed E-state index contributed by atoms with van der Waals surface area (Å²) in [6.07, 6.45) is -2.80. The van der Waals surface area contributed by atoms with Crippen LogP contribution >= 0.6 is 0 Å². The Bertz CT molecular complexity index is 628. The first-order valence-electron chi connectivity index (χ1n) is 7.01. The standard InChI is InChI=1S/C15H23F2NO3S/c1-9-10(2)12(4)15(13(5)11(9)3)22(20,21)18(6-7-19)8-14(16)17/h14,19H,6-8H2,1-5H3. The number of alkyl halides is 2. The molecule has 0 bridgehead atoms. The lowest BCUT2D eigenvalue weighted by atomic mass is 9.95. The smallest absolute Gasteiger partial charge is 0.252 e. The van der Waals surface area contributed by atoms with E-state index in [4.69, 9.17) is 5.11 Å². The average Bonchev–Trinajstić information content (AvgIpc) is 2.42. The van der Waals surface area contributed by atoms with Gasteiger partial charge in [-0.2, -0.15) is 4.31 Å². The van der Waals surface area contributed by atoms with E-state index in [9.17, 15) is 17.2 Å². The lowest BCUT2D eigenvalue weighted by Crippen LogP contribution is -2.38. The van der Waals surface area contributed by atoms with Gasteiger partial charge in [0.25, 0.3) is 6.43 Å². The van der Waals surface area contributed by atoms with Crippen LogP contribution in [0.1, 0.15) is 27.8 Å². The van der Waals surface area contributed by atoms with E-state index in [0.717, 1.165) is 16.7 Å². The second-order valence-corrected chi connectivity index (χ2v) is 7.31. The number of aliphatic hydroxyl groups excluding tert-OH is 1. The molecule has 126 valence electrons. The van der Waals surface area contributed by atoms with Crippen LogP contribution in [0.3, 0.4) is 0 Å². The van der Waals surface area contributed by atoms with Crippen LogP contribution in [0.2, 0.25) is 0 Å². The monoisotopic (exact) mass is 335 g/mol. The fourth-order valence-electron chi connectivity index (χ4n) is 2.56. The van der Waals surface area contributed by atoms with Gasteiger partial charge in [0.05, 0.1) is 18.0 Å². The van der Waals surface area contributed by atoms with Gasteiger partial charge in [0.1, 0.15) is 0 Å². The summed E-state index contributed by atoms with van der Waals surface area (Å²) < 4.78 is 51.6. The molecular formula is C15H23F2NO3S. The van der Waals surface area contributed by atoms with Crippen molar-refractivity contribution in [2.45, 2.75) is 45.9 Å².